The number of nitrogens with one attached hydrogen (secondary N) is 1. The van der Waals surface area contributed by atoms with E-state index in [1.807, 2.05) is 36.9 Å². The number of nitrogens with zero attached hydrogens (tertiary/aromatic N) is 1. The predicted octanol–water partition coefficient (Wildman–Crippen LogP) is 1.99. The Balaban J connectivity index is 2.03. The molecule has 1 saturated heterocycles. The van der Waals surface area contributed by atoms with Crippen LogP contribution in [0, 0.1) is 5.92 Å². The van der Waals surface area contributed by atoms with Crippen LogP contribution in [0.3, 0.4) is 0 Å². The van der Waals surface area contributed by atoms with Crippen LogP contribution in [0.15, 0.2) is 30.3 Å². The van der Waals surface area contributed by atoms with Crippen molar-refractivity contribution >= 4 is 11.8 Å². The van der Waals surface area contributed by atoms with Gasteiger partial charge in [-0.2, -0.15) is 0 Å². The molecule has 114 valence electrons. The minimum absolute atomic E-state index is 0.0177. The molecule has 1 heterocycles. The van der Waals surface area contributed by atoms with Gasteiger partial charge in [-0.25, -0.2) is 0 Å². The maximum atomic E-state index is 12.6. The van der Waals surface area contributed by atoms with Gasteiger partial charge in [0.25, 0.3) is 0 Å². The van der Waals surface area contributed by atoms with Crippen LogP contribution in [-0.2, 0) is 16.0 Å². The van der Waals surface area contributed by atoms with Crippen LogP contribution in [0.4, 0.5) is 0 Å². The fourth-order valence-electron chi connectivity index (χ4n) is 2.60. The Morgan fingerprint density at radius 2 is 2.00 bits per heavy atom. The van der Waals surface area contributed by atoms with Crippen molar-refractivity contribution in [3.63, 3.8) is 0 Å². The van der Waals surface area contributed by atoms with Gasteiger partial charge in [0.1, 0.15) is 6.04 Å². The van der Waals surface area contributed by atoms with Crippen LogP contribution in [0.1, 0.15) is 32.3 Å². The van der Waals surface area contributed by atoms with Crippen LogP contribution in [0.5, 0.6) is 0 Å². The summed E-state index contributed by atoms with van der Waals surface area (Å²) < 4.78 is 0. The highest BCUT2D eigenvalue weighted by atomic mass is 16.2. The second-order valence-corrected chi connectivity index (χ2v) is 5.74. The molecule has 2 rings (SSSR count). The van der Waals surface area contributed by atoms with Crippen molar-refractivity contribution in [1.82, 2.24) is 10.2 Å². The second-order valence-electron chi connectivity index (χ2n) is 5.74. The van der Waals surface area contributed by atoms with E-state index in [2.05, 4.69) is 17.4 Å². The molecular formula is C17H24N2O2. The number of carbonyl (C=O) groups is 2. The number of hydrogen-bond donors (Lipinski definition) is 1. The van der Waals surface area contributed by atoms with E-state index in [-0.39, 0.29) is 23.8 Å². The van der Waals surface area contributed by atoms with Crippen LogP contribution < -0.4 is 5.32 Å². The predicted molar refractivity (Wildman–Crippen MR) is 82.7 cm³/mol. The highest BCUT2D eigenvalue weighted by Gasteiger charge is 2.32. The lowest BCUT2D eigenvalue weighted by molar-refractivity contribution is -0.134. The number of carbonyl (C=O) groups excluding carboxylic acids is 2. The van der Waals surface area contributed by atoms with E-state index in [0.29, 0.717) is 19.5 Å². The van der Waals surface area contributed by atoms with Crippen LogP contribution >= 0.6 is 0 Å². The number of benzene rings is 1. The van der Waals surface area contributed by atoms with Gasteiger partial charge in [-0.3, -0.25) is 9.59 Å². The molecule has 0 radical (unpaired) electrons. The molecule has 4 heteroatoms. The van der Waals surface area contributed by atoms with E-state index in [0.717, 1.165) is 12.8 Å². The van der Waals surface area contributed by atoms with Crippen molar-refractivity contribution in [3.8, 4) is 0 Å². The third kappa shape index (κ3) is 4.06. The van der Waals surface area contributed by atoms with Gasteiger partial charge in [0.05, 0.1) is 0 Å². The van der Waals surface area contributed by atoms with Crippen molar-refractivity contribution in [2.75, 3.05) is 13.1 Å². The van der Waals surface area contributed by atoms with Gasteiger partial charge < -0.3 is 10.2 Å². The summed E-state index contributed by atoms with van der Waals surface area (Å²) in [6.45, 7) is 5.25. The number of hydrogen-bond acceptors (Lipinski definition) is 2. The third-order valence-corrected chi connectivity index (χ3v) is 4.23. The minimum atomic E-state index is -0.374. The van der Waals surface area contributed by atoms with Crippen molar-refractivity contribution < 1.29 is 9.59 Å². The molecule has 1 fully saturated rings. The summed E-state index contributed by atoms with van der Waals surface area (Å²) in [5.74, 6) is 0.209. The molecule has 1 N–H and O–H groups in total. The number of amides is 2. The SMILES string of the molecule is CCC(C)C1NC(=O)CCN(CCc2ccccc2)C1=O. The molecule has 2 unspecified atom stereocenters. The maximum absolute atomic E-state index is 12.6. The average molecular weight is 288 g/mol. The Morgan fingerprint density at radius 1 is 1.29 bits per heavy atom. The summed E-state index contributed by atoms with van der Waals surface area (Å²) >= 11 is 0. The Hall–Kier alpha value is -1.84. The van der Waals surface area contributed by atoms with Gasteiger partial charge in [-0.1, -0.05) is 50.6 Å². The summed E-state index contributed by atoms with van der Waals surface area (Å²) in [6.07, 6.45) is 2.10. The summed E-state index contributed by atoms with van der Waals surface area (Å²) in [4.78, 5) is 26.2. The van der Waals surface area contributed by atoms with Crippen molar-refractivity contribution in [2.45, 2.75) is 39.2 Å². The monoisotopic (exact) mass is 288 g/mol. The molecule has 0 spiro atoms. The zero-order valence-electron chi connectivity index (χ0n) is 12.8. The van der Waals surface area contributed by atoms with E-state index in [9.17, 15) is 9.59 Å². The lowest BCUT2D eigenvalue weighted by atomic mass is 9.98. The van der Waals surface area contributed by atoms with Gasteiger partial charge in [0.15, 0.2) is 0 Å². The van der Waals surface area contributed by atoms with E-state index in [1.165, 1.54) is 5.56 Å². The van der Waals surface area contributed by atoms with Crippen LogP contribution in [0.2, 0.25) is 0 Å². The summed E-state index contributed by atoms with van der Waals surface area (Å²) in [5.41, 5.74) is 1.22. The average Bonchev–Trinajstić information content (AvgIpc) is 2.65. The Bertz CT molecular complexity index is 487. The lowest BCUT2D eigenvalue weighted by Gasteiger charge is -2.27. The van der Waals surface area contributed by atoms with Gasteiger partial charge in [-0.05, 0) is 17.9 Å². The first kappa shape index (κ1) is 15.5. The van der Waals surface area contributed by atoms with Gasteiger partial charge in [0, 0.05) is 19.5 Å². The quantitative estimate of drug-likeness (QED) is 0.901. The van der Waals surface area contributed by atoms with E-state index in [4.69, 9.17) is 0 Å². The largest absolute Gasteiger partial charge is 0.344 e. The fraction of sp³-hybridized carbons (Fsp3) is 0.529. The first-order chi connectivity index (χ1) is 10.1. The smallest absolute Gasteiger partial charge is 0.245 e. The van der Waals surface area contributed by atoms with Crippen molar-refractivity contribution in [3.05, 3.63) is 35.9 Å². The summed E-state index contributed by atoms with van der Waals surface area (Å²) in [7, 11) is 0. The van der Waals surface area contributed by atoms with Crippen molar-refractivity contribution in [1.29, 1.82) is 0 Å². The fourth-order valence-corrected chi connectivity index (χ4v) is 2.60. The molecule has 0 aliphatic carbocycles. The van der Waals surface area contributed by atoms with Crippen LogP contribution in [0.25, 0.3) is 0 Å². The normalized spacial score (nSPS) is 20.9. The molecule has 4 nitrogen and oxygen atoms in total. The first-order valence-electron chi connectivity index (χ1n) is 7.74. The molecule has 2 amide bonds. The molecule has 0 saturated carbocycles. The van der Waals surface area contributed by atoms with Gasteiger partial charge >= 0.3 is 0 Å². The van der Waals surface area contributed by atoms with Gasteiger partial charge in [-0.15, -0.1) is 0 Å². The van der Waals surface area contributed by atoms with Gasteiger partial charge in [0.2, 0.25) is 11.8 Å². The zero-order chi connectivity index (χ0) is 15.2. The highest BCUT2D eigenvalue weighted by Crippen LogP contribution is 2.15. The van der Waals surface area contributed by atoms with Crippen molar-refractivity contribution in [2.24, 2.45) is 5.92 Å². The molecule has 0 aromatic heterocycles. The Kier molecular flexibility index (Phi) is 5.37. The Morgan fingerprint density at radius 3 is 2.67 bits per heavy atom. The summed E-state index contributed by atoms with van der Waals surface area (Å²) in [6, 6.07) is 9.76. The first-order valence-corrected chi connectivity index (χ1v) is 7.74. The minimum Gasteiger partial charge on any atom is -0.344 e. The van der Waals surface area contributed by atoms with E-state index < -0.39 is 0 Å². The van der Waals surface area contributed by atoms with Crippen LogP contribution in [-0.4, -0.2) is 35.8 Å². The second kappa shape index (κ2) is 7.25. The molecule has 2 atom stereocenters. The lowest BCUT2D eigenvalue weighted by Crippen LogP contribution is -2.48. The molecule has 1 aliphatic heterocycles. The Labute approximate surface area is 126 Å². The molecule has 1 aromatic rings. The molecular weight excluding hydrogens is 264 g/mol. The third-order valence-electron chi connectivity index (χ3n) is 4.23. The zero-order valence-corrected chi connectivity index (χ0v) is 12.8. The summed E-state index contributed by atoms with van der Waals surface area (Å²) in [5, 5.41) is 2.88. The molecule has 0 bridgehead atoms. The maximum Gasteiger partial charge on any atom is 0.245 e. The number of rotatable bonds is 5. The molecule has 21 heavy (non-hydrogen) atoms. The topological polar surface area (TPSA) is 49.4 Å². The highest BCUT2D eigenvalue weighted by molar-refractivity contribution is 5.90. The molecule has 1 aliphatic rings. The molecule has 1 aromatic carbocycles. The van der Waals surface area contributed by atoms with E-state index >= 15 is 0 Å². The standard InChI is InChI=1S/C17H24N2O2/c1-3-13(2)16-17(21)19(12-10-15(20)18-16)11-9-14-7-5-4-6-8-14/h4-8,13,16H,3,9-12H2,1-2H3,(H,18,20). The van der Waals surface area contributed by atoms with E-state index in [1.54, 1.807) is 0 Å².